The number of carboxylic acid groups (broad SMARTS) is 1. The molecule has 1 aliphatic carbocycles. The van der Waals surface area contributed by atoms with Gasteiger partial charge in [0.15, 0.2) is 0 Å². The predicted molar refractivity (Wildman–Crippen MR) is 125 cm³/mol. The van der Waals surface area contributed by atoms with E-state index in [-0.39, 0.29) is 43.9 Å². The van der Waals surface area contributed by atoms with Crippen molar-refractivity contribution in [2.75, 3.05) is 13.2 Å². The number of likely N-dealkylation sites (tertiary alicyclic amines) is 1. The SMILES string of the molecule is CCC(CCC(=O)N1C[C@H](O)C[C@@H]1C(=O)O)NC(=O)OCC1c2ccccc2-c2ccccc21. The first-order valence-corrected chi connectivity index (χ1v) is 11.7. The molecule has 1 unspecified atom stereocenters. The van der Waals surface area contributed by atoms with Crippen molar-refractivity contribution in [3.8, 4) is 11.1 Å². The van der Waals surface area contributed by atoms with E-state index in [0.29, 0.717) is 12.8 Å². The number of nitrogens with zero attached hydrogens (tertiary/aromatic N) is 1. The number of carboxylic acids is 1. The topological polar surface area (TPSA) is 116 Å². The van der Waals surface area contributed by atoms with E-state index >= 15 is 0 Å². The van der Waals surface area contributed by atoms with Crippen molar-refractivity contribution < 1.29 is 29.3 Å². The van der Waals surface area contributed by atoms with Gasteiger partial charge in [-0.2, -0.15) is 0 Å². The standard InChI is InChI=1S/C26H30N2O6/c1-2-16(11-12-24(30)28-14-17(29)13-23(28)25(31)32)27-26(33)34-15-22-20-9-5-3-7-18(20)19-8-4-6-10-21(19)22/h3-10,16-17,22-23,29H,2,11-15H2,1H3,(H,27,33)(H,31,32)/t16?,17-,23-/m1/s1. The van der Waals surface area contributed by atoms with E-state index in [4.69, 9.17) is 4.74 Å². The number of carbonyl (C=O) groups excluding carboxylic acids is 2. The van der Waals surface area contributed by atoms with Crippen LogP contribution in [0.25, 0.3) is 11.1 Å². The van der Waals surface area contributed by atoms with Crippen LogP contribution in [-0.4, -0.2) is 64.4 Å². The molecular weight excluding hydrogens is 436 g/mol. The lowest BCUT2D eigenvalue weighted by Crippen LogP contribution is -2.42. The summed E-state index contributed by atoms with van der Waals surface area (Å²) in [6, 6.07) is 14.9. The number of nitrogens with one attached hydrogen (secondary N) is 1. The van der Waals surface area contributed by atoms with E-state index in [1.807, 2.05) is 31.2 Å². The van der Waals surface area contributed by atoms with Gasteiger partial charge in [-0.15, -0.1) is 0 Å². The van der Waals surface area contributed by atoms with Gasteiger partial charge in [0.05, 0.1) is 6.10 Å². The Hall–Kier alpha value is -3.39. The van der Waals surface area contributed by atoms with Crippen LogP contribution in [0.5, 0.6) is 0 Å². The Bertz CT molecular complexity index is 1030. The number of aliphatic hydroxyl groups is 1. The van der Waals surface area contributed by atoms with Gasteiger partial charge in [-0.3, -0.25) is 4.79 Å². The minimum absolute atomic E-state index is 0.0202. The summed E-state index contributed by atoms with van der Waals surface area (Å²) >= 11 is 0. The molecular formula is C26H30N2O6. The first-order chi connectivity index (χ1) is 16.4. The number of carbonyl (C=O) groups is 3. The Balaban J connectivity index is 1.30. The van der Waals surface area contributed by atoms with Crippen molar-refractivity contribution >= 4 is 18.0 Å². The van der Waals surface area contributed by atoms with Gasteiger partial charge in [0, 0.05) is 31.3 Å². The molecule has 2 aromatic rings. The highest BCUT2D eigenvalue weighted by molar-refractivity contribution is 5.84. The maximum absolute atomic E-state index is 12.6. The van der Waals surface area contributed by atoms with Crippen molar-refractivity contribution in [1.29, 1.82) is 0 Å². The molecule has 0 spiro atoms. The zero-order valence-electron chi connectivity index (χ0n) is 19.1. The van der Waals surface area contributed by atoms with Crippen LogP contribution in [0.2, 0.25) is 0 Å². The largest absolute Gasteiger partial charge is 0.480 e. The highest BCUT2D eigenvalue weighted by atomic mass is 16.5. The normalized spacial score (nSPS) is 19.9. The van der Waals surface area contributed by atoms with Crippen LogP contribution in [0, 0.1) is 0 Å². The van der Waals surface area contributed by atoms with Crippen LogP contribution >= 0.6 is 0 Å². The number of aliphatic carboxylic acids is 1. The van der Waals surface area contributed by atoms with Crippen molar-refractivity contribution in [2.45, 2.75) is 56.7 Å². The van der Waals surface area contributed by atoms with Crippen molar-refractivity contribution in [3.63, 3.8) is 0 Å². The molecule has 0 aromatic heterocycles. The molecule has 34 heavy (non-hydrogen) atoms. The quantitative estimate of drug-likeness (QED) is 0.551. The molecule has 1 fully saturated rings. The first kappa shape index (κ1) is 23.8. The number of alkyl carbamates (subject to hydrolysis) is 1. The molecule has 8 nitrogen and oxygen atoms in total. The summed E-state index contributed by atoms with van der Waals surface area (Å²) in [5.41, 5.74) is 4.58. The number of aliphatic hydroxyl groups excluding tert-OH is 1. The van der Waals surface area contributed by atoms with Gasteiger partial charge in [-0.05, 0) is 35.1 Å². The van der Waals surface area contributed by atoms with Crippen LogP contribution in [0.1, 0.15) is 49.7 Å². The van der Waals surface area contributed by atoms with Gasteiger partial charge in [0.2, 0.25) is 5.91 Å². The number of hydrogen-bond donors (Lipinski definition) is 3. The maximum Gasteiger partial charge on any atom is 0.407 e. The molecule has 3 atom stereocenters. The molecule has 2 amide bonds. The molecule has 8 heteroatoms. The zero-order chi connectivity index (χ0) is 24.2. The minimum Gasteiger partial charge on any atom is -0.480 e. The number of amides is 2. The Kier molecular flexibility index (Phi) is 7.17. The summed E-state index contributed by atoms with van der Waals surface area (Å²) in [6.07, 6.45) is -0.289. The number of fused-ring (bicyclic) bond motifs is 3. The maximum atomic E-state index is 12.6. The van der Waals surface area contributed by atoms with Crippen LogP contribution in [-0.2, 0) is 14.3 Å². The molecule has 0 radical (unpaired) electrons. The minimum atomic E-state index is -1.12. The summed E-state index contributed by atoms with van der Waals surface area (Å²) in [7, 11) is 0. The molecule has 1 saturated heterocycles. The monoisotopic (exact) mass is 466 g/mol. The fourth-order valence-electron chi connectivity index (χ4n) is 4.95. The second-order valence-corrected chi connectivity index (χ2v) is 8.90. The molecule has 2 aromatic carbocycles. The van der Waals surface area contributed by atoms with Crippen molar-refractivity contribution in [1.82, 2.24) is 10.2 Å². The molecule has 1 heterocycles. The number of β-amino-alcohol motifs (C(OH)–C–C–N with tert-alkyl or cyclic N) is 1. The van der Waals surface area contributed by atoms with E-state index in [9.17, 15) is 24.6 Å². The molecule has 180 valence electrons. The highest BCUT2D eigenvalue weighted by Crippen LogP contribution is 2.44. The lowest BCUT2D eigenvalue weighted by Gasteiger charge is -2.23. The molecule has 1 aliphatic heterocycles. The van der Waals surface area contributed by atoms with Gasteiger partial charge in [0.25, 0.3) is 0 Å². The van der Waals surface area contributed by atoms with Crippen LogP contribution < -0.4 is 5.32 Å². The molecule has 0 bridgehead atoms. The summed E-state index contributed by atoms with van der Waals surface area (Å²) in [4.78, 5) is 37.7. The van der Waals surface area contributed by atoms with Crippen LogP contribution in [0.15, 0.2) is 48.5 Å². The van der Waals surface area contributed by atoms with Gasteiger partial charge in [-0.25, -0.2) is 9.59 Å². The molecule has 4 rings (SSSR count). The third kappa shape index (κ3) is 4.92. The van der Waals surface area contributed by atoms with Crippen molar-refractivity contribution in [3.05, 3.63) is 59.7 Å². The second kappa shape index (κ2) is 10.3. The Morgan fingerprint density at radius 3 is 2.29 bits per heavy atom. The highest BCUT2D eigenvalue weighted by Gasteiger charge is 2.38. The molecule has 0 saturated carbocycles. The Labute approximate surface area is 198 Å². The summed E-state index contributed by atoms with van der Waals surface area (Å²) in [6.45, 7) is 2.13. The molecule has 3 N–H and O–H groups in total. The van der Waals surface area contributed by atoms with E-state index in [2.05, 4.69) is 29.6 Å². The number of ether oxygens (including phenoxy) is 1. The summed E-state index contributed by atoms with van der Waals surface area (Å²) < 4.78 is 5.59. The van der Waals surface area contributed by atoms with E-state index in [1.165, 1.54) is 4.90 Å². The lowest BCUT2D eigenvalue weighted by atomic mass is 9.98. The van der Waals surface area contributed by atoms with Crippen LogP contribution in [0.3, 0.4) is 0 Å². The van der Waals surface area contributed by atoms with Crippen molar-refractivity contribution in [2.24, 2.45) is 0 Å². The number of hydrogen-bond acceptors (Lipinski definition) is 5. The Morgan fingerprint density at radius 2 is 1.71 bits per heavy atom. The predicted octanol–water partition coefficient (Wildman–Crippen LogP) is 3.13. The van der Waals surface area contributed by atoms with Gasteiger partial charge >= 0.3 is 12.1 Å². The van der Waals surface area contributed by atoms with Gasteiger partial charge in [-0.1, -0.05) is 55.5 Å². The summed E-state index contributed by atoms with van der Waals surface area (Å²) in [5, 5.41) is 21.9. The van der Waals surface area contributed by atoms with E-state index in [1.54, 1.807) is 0 Å². The van der Waals surface area contributed by atoms with Crippen LogP contribution in [0.4, 0.5) is 4.79 Å². The lowest BCUT2D eigenvalue weighted by molar-refractivity contribution is -0.148. The second-order valence-electron chi connectivity index (χ2n) is 8.90. The first-order valence-electron chi connectivity index (χ1n) is 11.7. The van der Waals surface area contributed by atoms with E-state index < -0.39 is 24.2 Å². The smallest absolute Gasteiger partial charge is 0.407 e. The average molecular weight is 467 g/mol. The fraction of sp³-hybridized carbons (Fsp3) is 0.423. The number of benzene rings is 2. The van der Waals surface area contributed by atoms with Gasteiger partial charge in [0.1, 0.15) is 12.6 Å². The molecule has 2 aliphatic rings. The zero-order valence-corrected chi connectivity index (χ0v) is 19.1. The third-order valence-corrected chi connectivity index (χ3v) is 6.75. The average Bonchev–Trinajstić information content (AvgIpc) is 3.38. The third-order valence-electron chi connectivity index (χ3n) is 6.75. The van der Waals surface area contributed by atoms with Gasteiger partial charge < -0.3 is 25.2 Å². The van der Waals surface area contributed by atoms with E-state index in [0.717, 1.165) is 22.3 Å². The number of rotatable bonds is 8. The Morgan fingerprint density at radius 1 is 1.09 bits per heavy atom. The fourth-order valence-corrected chi connectivity index (χ4v) is 4.95. The summed E-state index contributed by atoms with van der Waals surface area (Å²) in [5.74, 6) is -1.49.